The molecule has 7 nitrogen and oxygen atoms in total. The Labute approximate surface area is 216 Å². The monoisotopic (exact) mass is 493 g/mol. The van der Waals surface area contributed by atoms with Crippen LogP contribution in [0.3, 0.4) is 0 Å². The summed E-state index contributed by atoms with van der Waals surface area (Å²) < 4.78 is 0. The van der Waals surface area contributed by atoms with Crippen LogP contribution in [0.15, 0.2) is 58.8 Å². The standard InChI is InChI=1S/C29H43N5O2/c1-28(2,3)26(35)25(31-29(4,5)6)11-9-10-20-30-27(36)21-12-14-22(15-13-21)32-33-23-16-18-24(19-17-23)34(7)8/h12-19,25,31H,9-11,20H2,1-8H3,(H,30,36)/b33-32+. The molecule has 0 heterocycles. The number of amides is 1. The number of unbranched alkanes of at least 4 members (excludes halogenated alkanes) is 1. The minimum absolute atomic E-state index is 0.118. The number of carbonyl (C=O) groups excluding carboxylic acids is 2. The summed E-state index contributed by atoms with van der Waals surface area (Å²) in [4.78, 5) is 27.4. The number of nitrogens with one attached hydrogen (secondary N) is 2. The quantitative estimate of drug-likeness (QED) is 0.279. The summed E-state index contributed by atoms with van der Waals surface area (Å²) in [6.45, 7) is 12.7. The molecule has 0 radical (unpaired) electrons. The Morgan fingerprint density at radius 2 is 1.36 bits per heavy atom. The Kier molecular flexibility index (Phi) is 10.3. The van der Waals surface area contributed by atoms with Crippen molar-refractivity contribution >= 4 is 28.8 Å². The van der Waals surface area contributed by atoms with Gasteiger partial charge in [0.15, 0.2) is 5.78 Å². The van der Waals surface area contributed by atoms with Crippen LogP contribution in [0.25, 0.3) is 0 Å². The first-order valence-corrected chi connectivity index (χ1v) is 12.7. The minimum atomic E-state index is -0.389. The summed E-state index contributed by atoms with van der Waals surface area (Å²) in [6.07, 6.45) is 2.41. The summed E-state index contributed by atoms with van der Waals surface area (Å²) in [7, 11) is 3.98. The van der Waals surface area contributed by atoms with Gasteiger partial charge in [-0.05, 0) is 88.6 Å². The molecular formula is C29H43N5O2. The van der Waals surface area contributed by atoms with Crippen LogP contribution in [0.5, 0.6) is 0 Å². The molecule has 7 heteroatoms. The minimum Gasteiger partial charge on any atom is -0.378 e. The van der Waals surface area contributed by atoms with E-state index in [0.29, 0.717) is 17.8 Å². The second kappa shape index (κ2) is 12.8. The lowest BCUT2D eigenvalue weighted by molar-refractivity contribution is -0.129. The molecule has 0 aliphatic carbocycles. The summed E-state index contributed by atoms with van der Waals surface area (Å²) in [5.74, 6) is 0.108. The molecule has 196 valence electrons. The van der Waals surface area contributed by atoms with E-state index in [1.165, 1.54) is 0 Å². The molecule has 2 N–H and O–H groups in total. The zero-order chi connectivity index (χ0) is 26.9. The molecule has 2 aromatic carbocycles. The lowest BCUT2D eigenvalue weighted by atomic mass is 9.84. The molecule has 0 aromatic heterocycles. The van der Waals surface area contributed by atoms with Crippen LogP contribution in [0.4, 0.5) is 17.1 Å². The number of ketones is 1. The molecular weight excluding hydrogens is 450 g/mol. The van der Waals surface area contributed by atoms with Gasteiger partial charge in [0.2, 0.25) is 0 Å². The summed E-state index contributed by atoms with van der Waals surface area (Å²) in [5.41, 5.74) is 2.61. The predicted octanol–water partition coefficient (Wildman–Crippen LogP) is 6.44. The van der Waals surface area contributed by atoms with Crippen molar-refractivity contribution in [2.24, 2.45) is 15.6 Å². The maximum atomic E-state index is 12.8. The van der Waals surface area contributed by atoms with Gasteiger partial charge in [-0.3, -0.25) is 9.59 Å². The Morgan fingerprint density at radius 3 is 1.83 bits per heavy atom. The van der Waals surface area contributed by atoms with Gasteiger partial charge in [0, 0.05) is 42.8 Å². The van der Waals surface area contributed by atoms with Gasteiger partial charge in [-0.25, -0.2) is 0 Å². The van der Waals surface area contributed by atoms with Crippen LogP contribution in [-0.2, 0) is 4.79 Å². The topological polar surface area (TPSA) is 86.2 Å². The van der Waals surface area contributed by atoms with Gasteiger partial charge in [0.25, 0.3) is 5.91 Å². The number of hydrogen-bond acceptors (Lipinski definition) is 6. The van der Waals surface area contributed by atoms with Gasteiger partial charge in [0.1, 0.15) is 0 Å². The number of benzene rings is 2. The Bertz CT molecular complexity index is 1010. The van der Waals surface area contributed by atoms with Gasteiger partial charge in [-0.2, -0.15) is 10.2 Å². The molecule has 0 fully saturated rings. The van der Waals surface area contributed by atoms with Crippen molar-refractivity contribution < 1.29 is 9.59 Å². The number of carbonyl (C=O) groups is 2. The molecule has 1 amide bonds. The molecule has 0 saturated heterocycles. The zero-order valence-corrected chi connectivity index (χ0v) is 23.2. The smallest absolute Gasteiger partial charge is 0.251 e. The molecule has 2 rings (SSSR count). The van der Waals surface area contributed by atoms with Gasteiger partial charge in [0.05, 0.1) is 17.4 Å². The molecule has 0 saturated carbocycles. The van der Waals surface area contributed by atoms with Crippen LogP contribution in [0, 0.1) is 5.41 Å². The Morgan fingerprint density at radius 1 is 0.833 bits per heavy atom. The van der Waals surface area contributed by atoms with Crippen molar-refractivity contribution in [2.75, 3.05) is 25.5 Å². The highest BCUT2D eigenvalue weighted by Crippen LogP contribution is 2.22. The molecule has 2 aromatic rings. The maximum absolute atomic E-state index is 12.8. The Balaban J connectivity index is 1.81. The van der Waals surface area contributed by atoms with Crippen LogP contribution >= 0.6 is 0 Å². The van der Waals surface area contributed by atoms with Gasteiger partial charge in [-0.1, -0.05) is 20.8 Å². The second-order valence-corrected chi connectivity index (χ2v) is 11.5. The van der Waals surface area contributed by atoms with E-state index in [1.807, 2.05) is 64.0 Å². The fourth-order valence-corrected chi connectivity index (χ4v) is 3.70. The van der Waals surface area contributed by atoms with Crippen molar-refractivity contribution in [3.63, 3.8) is 0 Å². The van der Waals surface area contributed by atoms with E-state index in [9.17, 15) is 9.59 Å². The molecule has 0 aliphatic rings. The normalized spacial score (nSPS) is 13.0. The fraction of sp³-hybridized carbons (Fsp3) is 0.517. The third-order valence-corrected chi connectivity index (χ3v) is 5.64. The number of anilines is 1. The van der Waals surface area contributed by atoms with E-state index in [1.54, 1.807) is 24.3 Å². The number of azo groups is 1. The van der Waals surface area contributed by atoms with Crippen LogP contribution < -0.4 is 15.5 Å². The average molecular weight is 494 g/mol. The third-order valence-electron chi connectivity index (χ3n) is 5.64. The van der Waals surface area contributed by atoms with Gasteiger partial charge in [-0.15, -0.1) is 0 Å². The van der Waals surface area contributed by atoms with E-state index >= 15 is 0 Å². The molecule has 1 unspecified atom stereocenters. The lowest BCUT2D eigenvalue weighted by Crippen LogP contribution is -2.50. The number of Topliss-reactive ketones (excluding diaryl/α,β-unsaturated/α-hetero) is 1. The van der Waals surface area contributed by atoms with Crippen molar-refractivity contribution in [2.45, 2.75) is 72.4 Å². The van der Waals surface area contributed by atoms with Crippen molar-refractivity contribution in [1.29, 1.82) is 0 Å². The Hall–Kier alpha value is -3.06. The molecule has 0 aliphatic heterocycles. The molecule has 0 spiro atoms. The highest BCUT2D eigenvalue weighted by Gasteiger charge is 2.31. The van der Waals surface area contributed by atoms with Crippen LogP contribution in [0.1, 0.15) is 71.2 Å². The first-order valence-electron chi connectivity index (χ1n) is 12.7. The van der Waals surface area contributed by atoms with E-state index < -0.39 is 0 Å². The van der Waals surface area contributed by atoms with Gasteiger partial charge < -0.3 is 15.5 Å². The summed E-state index contributed by atoms with van der Waals surface area (Å²) >= 11 is 0. The number of hydrogen-bond donors (Lipinski definition) is 2. The highest BCUT2D eigenvalue weighted by molar-refractivity contribution is 5.94. The number of nitrogens with zero attached hydrogens (tertiary/aromatic N) is 3. The molecule has 1 atom stereocenters. The maximum Gasteiger partial charge on any atom is 0.251 e. The van der Waals surface area contributed by atoms with Crippen molar-refractivity contribution in [1.82, 2.24) is 10.6 Å². The first-order chi connectivity index (χ1) is 16.8. The molecule has 36 heavy (non-hydrogen) atoms. The lowest BCUT2D eigenvalue weighted by Gasteiger charge is -2.31. The SMILES string of the molecule is CN(C)c1ccc(/N=N/c2ccc(C(=O)NCCCCC(NC(C)(C)C)C(=O)C(C)(C)C)cc2)cc1. The second-order valence-electron chi connectivity index (χ2n) is 11.5. The summed E-state index contributed by atoms with van der Waals surface area (Å²) in [6, 6.07) is 14.7. The van der Waals surface area contributed by atoms with Crippen LogP contribution in [-0.4, -0.2) is 43.9 Å². The van der Waals surface area contributed by atoms with Crippen molar-refractivity contribution in [3.8, 4) is 0 Å². The summed E-state index contributed by atoms with van der Waals surface area (Å²) in [5, 5.41) is 15.0. The zero-order valence-electron chi connectivity index (χ0n) is 23.2. The number of rotatable bonds is 11. The first kappa shape index (κ1) is 29.2. The predicted molar refractivity (Wildman–Crippen MR) is 149 cm³/mol. The van der Waals surface area contributed by atoms with Gasteiger partial charge >= 0.3 is 0 Å². The van der Waals surface area contributed by atoms with E-state index in [4.69, 9.17) is 0 Å². The van der Waals surface area contributed by atoms with Crippen molar-refractivity contribution in [3.05, 3.63) is 54.1 Å². The molecule has 0 bridgehead atoms. The van der Waals surface area contributed by atoms with E-state index in [-0.39, 0.29) is 28.7 Å². The van der Waals surface area contributed by atoms with E-state index in [2.05, 4.69) is 41.6 Å². The highest BCUT2D eigenvalue weighted by atomic mass is 16.1. The fourth-order valence-electron chi connectivity index (χ4n) is 3.70. The van der Waals surface area contributed by atoms with E-state index in [0.717, 1.165) is 30.6 Å². The average Bonchev–Trinajstić information content (AvgIpc) is 2.80. The third kappa shape index (κ3) is 9.90. The largest absolute Gasteiger partial charge is 0.378 e. The van der Waals surface area contributed by atoms with Crippen LogP contribution in [0.2, 0.25) is 0 Å².